The van der Waals surface area contributed by atoms with Crippen LogP contribution in [0.2, 0.25) is 0 Å². The van der Waals surface area contributed by atoms with Crippen molar-refractivity contribution in [2.75, 3.05) is 17.6 Å². The van der Waals surface area contributed by atoms with E-state index < -0.39 is 0 Å². The van der Waals surface area contributed by atoms with Crippen molar-refractivity contribution in [2.24, 2.45) is 5.92 Å². The minimum Gasteiger partial charge on any atom is -0.398 e. The molecule has 3 N–H and O–H groups in total. The summed E-state index contributed by atoms with van der Waals surface area (Å²) >= 11 is 0. The normalized spacial score (nSPS) is 10.9. The lowest BCUT2D eigenvalue weighted by atomic mass is 10.0. The van der Waals surface area contributed by atoms with Gasteiger partial charge in [-0.2, -0.15) is 0 Å². The highest BCUT2D eigenvalue weighted by molar-refractivity contribution is 5.53. The van der Waals surface area contributed by atoms with Crippen LogP contribution in [0.1, 0.15) is 51.5 Å². The number of hydrogen-bond acceptors (Lipinski definition) is 3. The third-order valence-corrected chi connectivity index (χ3v) is 3.16. The van der Waals surface area contributed by atoms with E-state index in [4.69, 9.17) is 5.73 Å². The quantitative estimate of drug-likeness (QED) is 0.685. The van der Waals surface area contributed by atoms with Gasteiger partial charge in [0.1, 0.15) is 5.82 Å². The number of aryl methyl sites for hydroxylation is 1. The monoisotopic (exact) mass is 249 g/mol. The molecule has 0 radical (unpaired) electrons. The third-order valence-electron chi connectivity index (χ3n) is 3.16. The second-order valence-corrected chi connectivity index (χ2v) is 5.45. The summed E-state index contributed by atoms with van der Waals surface area (Å²) in [5, 5.41) is 3.32. The van der Waals surface area contributed by atoms with Crippen molar-refractivity contribution in [1.29, 1.82) is 0 Å². The van der Waals surface area contributed by atoms with Crippen molar-refractivity contribution in [2.45, 2.75) is 52.9 Å². The first-order valence-corrected chi connectivity index (χ1v) is 7.05. The maximum Gasteiger partial charge on any atom is 0.127 e. The van der Waals surface area contributed by atoms with E-state index in [-0.39, 0.29) is 0 Å². The second-order valence-electron chi connectivity index (χ2n) is 5.45. The van der Waals surface area contributed by atoms with Gasteiger partial charge in [-0.25, -0.2) is 4.98 Å². The molecule has 0 amide bonds. The number of unbranched alkanes of at least 4 members (excludes halogenated alkanes) is 3. The summed E-state index contributed by atoms with van der Waals surface area (Å²) in [6.07, 6.45) is 8.36. The number of aromatic nitrogens is 1. The first-order chi connectivity index (χ1) is 8.59. The molecule has 1 aromatic heterocycles. The Morgan fingerprint density at radius 3 is 2.61 bits per heavy atom. The molecule has 0 aliphatic rings. The molecule has 3 heteroatoms. The average Bonchev–Trinajstić information content (AvgIpc) is 2.32. The van der Waals surface area contributed by atoms with Gasteiger partial charge in [0.05, 0.1) is 0 Å². The maximum absolute atomic E-state index is 5.84. The van der Waals surface area contributed by atoms with Crippen LogP contribution in [-0.2, 0) is 0 Å². The van der Waals surface area contributed by atoms with Crippen LogP contribution in [0.5, 0.6) is 0 Å². The van der Waals surface area contributed by atoms with E-state index in [1.54, 1.807) is 0 Å². The summed E-state index contributed by atoms with van der Waals surface area (Å²) in [5.41, 5.74) is 7.68. The number of nitrogen functional groups attached to an aromatic ring is 1. The Hall–Kier alpha value is -1.25. The first kappa shape index (κ1) is 14.8. The zero-order valence-electron chi connectivity index (χ0n) is 12.0. The Bertz CT molecular complexity index is 348. The minimum atomic E-state index is 0.810. The predicted molar refractivity (Wildman–Crippen MR) is 79.8 cm³/mol. The third kappa shape index (κ3) is 5.89. The summed E-state index contributed by atoms with van der Waals surface area (Å²) in [4.78, 5) is 4.31. The fourth-order valence-electron chi connectivity index (χ4n) is 1.88. The van der Waals surface area contributed by atoms with Gasteiger partial charge in [-0.1, -0.05) is 39.5 Å². The average molecular weight is 249 g/mol. The summed E-state index contributed by atoms with van der Waals surface area (Å²) in [7, 11) is 0. The zero-order valence-corrected chi connectivity index (χ0v) is 12.0. The standard InChI is InChI=1S/C15H27N3/c1-12(2)8-6-4-5-7-9-17-15-10-14(16)13(3)11-18-15/h10-12H,4-9H2,1-3H3,(H3,16,17,18). The van der Waals surface area contributed by atoms with Gasteiger partial charge in [0.25, 0.3) is 0 Å². The summed E-state index contributed by atoms with van der Waals surface area (Å²) < 4.78 is 0. The van der Waals surface area contributed by atoms with Gasteiger partial charge < -0.3 is 11.1 Å². The number of nitrogens with zero attached hydrogens (tertiary/aromatic N) is 1. The highest BCUT2D eigenvalue weighted by Crippen LogP contribution is 2.14. The smallest absolute Gasteiger partial charge is 0.127 e. The van der Waals surface area contributed by atoms with E-state index >= 15 is 0 Å². The highest BCUT2D eigenvalue weighted by Gasteiger charge is 1.98. The molecule has 0 unspecified atom stereocenters. The Labute approximate surface area is 111 Å². The fraction of sp³-hybridized carbons (Fsp3) is 0.667. The molecule has 18 heavy (non-hydrogen) atoms. The zero-order chi connectivity index (χ0) is 13.4. The molecule has 0 fully saturated rings. The minimum absolute atomic E-state index is 0.810. The predicted octanol–water partition coefficient (Wildman–Crippen LogP) is 3.99. The van der Waals surface area contributed by atoms with Crippen LogP contribution in [0.15, 0.2) is 12.3 Å². The molecule has 0 atom stereocenters. The van der Waals surface area contributed by atoms with Crippen molar-refractivity contribution in [3.63, 3.8) is 0 Å². The molecule has 0 aliphatic heterocycles. The summed E-state index contributed by atoms with van der Waals surface area (Å²) in [6.45, 7) is 7.53. The SMILES string of the molecule is Cc1cnc(NCCCCCCC(C)C)cc1N. The lowest BCUT2D eigenvalue weighted by Gasteiger charge is -2.08. The summed E-state index contributed by atoms with van der Waals surface area (Å²) in [6, 6.07) is 1.91. The van der Waals surface area contributed by atoms with Gasteiger partial charge in [-0.3, -0.25) is 0 Å². The number of nitrogens with two attached hydrogens (primary N) is 1. The Morgan fingerprint density at radius 2 is 1.94 bits per heavy atom. The van der Waals surface area contributed by atoms with E-state index in [2.05, 4.69) is 24.1 Å². The highest BCUT2D eigenvalue weighted by atomic mass is 15.0. The first-order valence-electron chi connectivity index (χ1n) is 7.05. The van der Waals surface area contributed by atoms with Crippen LogP contribution in [0.3, 0.4) is 0 Å². The van der Waals surface area contributed by atoms with Crippen LogP contribution >= 0.6 is 0 Å². The van der Waals surface area contributed by atoms with Crippen molar-refractivity contribution >= 4 is 11.5 Å². The van der Waals surface area contributed by atoms with Gasteiger partial charge in [0, 0.05) is 24.5 Å². The van der Waals surface area contributed by atoms with Crippen LogP contribution in [0.25, 0.3) is 0 Å². The topological polar surface area (TPSA) is 50.9 Å². The molecule has 1 heterocycles. The number of rotatable bonds is 8. The van der Waals surface area contributed by atoms with Crippen LogP contribution < -0.4 is 11.1 Å². The summed E-state index contributed by atoms with van der Waals surface area (Å²) in [5.74, 6) is 1.73. The number of anilines is 2. The van der Waals surface area contributed by atoms with Gasteiger partial charge in [0.15, 0.2) is 0 Å². The van der Waals surface area contributed by atoms with Crippen molar-refractivity contribution < 1.29 is 0 Å². The van der Waals surface area contributed by atoms with Gasteiger partial charge in [-0.05, 0) is 24.8 Å². The van der Waals surface area contributed by atoms with E-state index in [1.807, 2.05) is 19.2 Å². The molecule has 0 aromatic carbocycles. The molecule has 0 aliphatic carbocycles. The molecule has 0 spiro atoms. The van der Waals surface area contributed by atoms with Gasteiger partial charge in [-0.15, -0.1) is 0 Å². The molecule has 3 nitrogen and oxygen atoms in total. The molecular formula is C15H27N3. The fourth-order valence-corrected chi connectivity index (χ4v) is 1.88. The Kier molecular flexibility index (Phi) is 6.55. The van der Waals surface area contributed by atoms with Crippen LogP contribution in [-0.4, -0.2) is 11.5 Å². The number of nitrogens with one attached hydrogen (secondary N) is 1. The molecular weight excluding hydrogens is 222 g/mol. The largest absolute Gasteiger partial charge is 0.398 e. The maximum atomic E-state index is 5.84. The second kappa shape index (κ2) is 7.96. The lowest BCUT2D eigenvalue weighted by molar-refractivity contribution is 0.523. The molecule has 0 saturated heterocycles. The van der Waals surface area contributed by atoms with Crippen molar-refractivity contribution in [3.8, 4) is 0 Å². The lowest BCUT2D eigenvalue weighted by Crippen LogP contribution is -2.04. The molecule has 0 saturated carbocycles. The molecule has 1 rings (SSSR count). The number of hydrogen-bond donors (Lipinski definition) is 2. The van der Waals surface area contributed by atoms with E-state index in [0.29, 0.717) is 0 Å². The van der Waals surface area contributed by atoms with Crippen molar-refractivity contribution in [1.82, 2.24) is 4.98 Å². The van der Waals surface area contributed by atoms with E-state index in [1.165, 1.54) is 32.1 Å². The van der Waals surface area contributed by atoms with Crippen LogP contribution in [0.4, 0.5) is 11.5 Å². The van der Waals surface area contributed by atoms with Crippen LogP contribution in [0, 0.1) is 12.8 Å². The Balaban J connectivity index is 2.09. The molecule has 0 bridgehead atoms. The van der Waals surface area contributed by atoms with Gasteiger partial charge in [0.2, 0.25) is 0 Å². The van der Waals surface area contributed by atoms with E-state index in [9.17, 15) is 0 Å². The van der Waals surface area contributed by atoms with Crippen molar-refractivity contribution in [3.05, 3.63) is 17.8 Å². The molecule has 102 valence electrons. The van der Waals surface area contributed by atoms with Gasteiger partial charge >= 0.3 is 0 Å². The Morgan fingerprint density at radius 1 is 1.22 bits per heavy atom. The number of pyridine rings is 1. The molecule has 1 aromatic rings. The van der Waals surface area contributed by atoms with E-state index in [0.717, 1.165) is 29.5 Å².